The van der Waals surface area contributed by atoms with Crippen molar-refractivity contribution in [2.24, 2.45) is 0 Å². The first-order valence-electron chi connectivity index (χ1n) is 7.69. The molecule has 2 aromatic rings. The van der Waals surface area contributed by atoms with Gasteiger partial charge in [-0.1, -0.05) is 17.7 Å². The number of hydrogen-bond donors (Lipinski definition) is 1. The molecular weight excluding hydrogens is 314 g/mol. The van der Waals surface area contributed by atoms with E-state index < -0.39 is 0 Å². The highest BCUT2D eigenvalue weighted by Gasteiger charge is 2.14. The first kappa shape index (κ1) is 17.5. The molecule has 124 valence electrons. The van der Waals surface area contributed by atoms with Crippen LogP contribution in [-0.2, 0) is 4.74 Å². The number of nitrogens with zero attached hydrogens (tertiary/aromatic N) is 2. The topological polar surface area (TPSA) is 56.1 Å². The van der Waals surface area contributed by atoms with Gasteiger partial charge in [0.05, 0.1) is 29.2 Å². The van der Waals surface area contributed by atoms with E-state index in [1.807, 2.05) is 39.0 Å². The van der Waals surface area contributed by atoms with Gasteiger partial charge in [-0.25, -0.2) is 4.68 Å². The van der Waals surface area contributed by atoms with Crippen molar-refractivity contribution in [1.29, 1.82) is 0 Å². The number of aromatic nitrogens is 2. The maximum absolute atomic E-state index is 12.2. The highest BCUT2D eigenvalue weighted by molar-refractivity contribution is 6.30. The highest BCUT2D eigenvalue weighted by atomic mass is 35.5. The second-order valence-corrected chi connectivity index (χ2v) is 6.00. The van der Waals surface area contributed by atoms with E-state index in [4.69, 9.17) is 16.3 Å². The Morgan fingerprint density at radius 3 is 2.91 bits per heavy atom. The number of amides is 1. The van der Waals surface area contributed by atoms with Crippen molar-refractivity contribution in [3.8, 4) is 5.69 Å². The van der Waals surface area contributed by atoms with Gasteiger partial charge in [0.2, 0.25) is 0 Å². The van der Waals surface area contributed by atoms with Crippen molar-refractivity contribution < 1.29 is 9.53 Å². The molecule has 5 nitrogen and oxygen atoms in total. The van der Waals surface area contributed by atoms with Gasteiger partial charge in [-0.2, -0.15) is 5.10 Å². The van der Waals surface area contributed by atoms with Gasteiger partial charge >= 0.3 is 0 Å². The van der Waals surface area contributed by atoms with Crippen LogP contribution in [0.2, 0.25) is 5.02 Å². The summed E-state index contributed by atoms with van der Waals surface area (Å²) in [6.07, 6.45) is 2.57. The number of halogens is 1. The van der Waals surface area contributed by atoms with E-state index in [-0.39, 0.29) is 12.0 Å². The van der Waals surface area contributed by atoms with Gasteiger partial charge in [0, 0.05) is 18.2 Å². The summed E-state index contributed by atoms with van der Waals surface area (Å²) in [5, 5.41) is 7.81. The standard InChI is InChI=1S/C17H22ClN3O2/c1-12(2)23-9-5-8-19-17(22)16-11-20-21(13(16)3)15-7-4-6-14(18)10-15/h4,6-7,10-12H,5,8-9H2,1-3H3,(H,19,22). The van der Waals surface area contributed by atoms with Crippen LogP contribution in [0.25, 0.3) is 5.69 Å². The first-order chi connectivity index (χ1) is 11.0. The van der Waals surface area contributed by atoms with E-state index in [0.29, 0.717) is 23.7 Å². The monoisotopic (exact) mass is 335 g/mol. The number of nitrogens with one attached hydrogen (secondary N) is 1. The average Bonchev–Trinajstić information content (AvgIpc) is 2.88. The minimum Gasteiger partial charge on any atom is -0.379 e. The fourth-order valence-corrected chi connectivity index (χ4v) is 2.37. The molecule has 23 heavy (non-hydrogen) atoms. The normalized spacial score (nSPS) is 11.0. The van der Waals surface area contributed by atoms with E-state index >= 15 is 0 Å². The lowest BCUT2D eigenvalue weighted by Crippen LogP contribution is -2.26. The number of ether oxygens (including phenoxy) is 1. The van der Waals surface area contributed by atoms with Crippen LogP contribution in [0.4, 0.5) is 0 Å². The molecule has 1 N–H and O–H groups in total. The van der Waals surface area contributed by atoms with Crippen molar-refractivity contribution in [1.82, 2.24) is 15.1 Å². The smallest absolute Gasteiger partial charge is 0.254 e. The molecule has 6 heteroatoms. The summed E-state index contributed by atoms with van der Waals surface area (Å²) in [5.74, 6) is -0.125. The van der Waals surface area contributed by atoms with Gasteiger partial charge in [-0.3, -0.25) is 4.79 Å². The van der Waals surface area contributed by atoms with Gasteiger partial charge < -0.3 is 10.1 Å². The van der Waals surface area contributed by atoms with Crippen molar-refractivity contribution in [2.75, 3.05) is 13.2 Å². The molecule has 1 heterocycles. The van der Waals surface area contributed by atoms with E-state index in [9.17, 15) is 4.79 Å². The fourth-order valence-electron chi connectivity index (χ4n) is 2.19. The molecule has 0 saturated heterocycles. The van der Waals surface area contributed by atoms with E-state index in [2.05, 4.69) is 10.4 Å². The van der Waals surface area contributed by atoms with Crippen LogP contribution < -0.4 is 5.32 Å². The maximum atomic E-state index is 12.2. The Kier molecular flexibility index (Phi) is 6.19. The minimum absolute atomic E-state index is 0.125. The van der Waals surface area contributed by atoms with Crippen LogP contribution in [0.5, 0.6) is 0 Å². The summed E-state index contributed by atoms with van der Waals surface area (Å²) in [6.45, 7) is 7.06. The molecule has 0 atom stereocenters. The third-order valence-electron chi connectivity index (χ3n) is 3.37. The largest absolute Gasteiger partial charge is 0.379 e. The molecule has 0 unspecified atom stereocenters. The third kappa shape index (κ3) is 4.81. The maximum Gasteiger partial charge on any atom is 0.254 e. The Labute approximate surface area is 141 Å². The van der Waals surface area contributed by atoms with Gasteiger partial charge in [0.25, 0.3) is 5.91 Å². The zero-order valence-electron chi connectivity index (χ0n) is 13.7. The molecule has 0 aliphatic heterocycles. The number of carbonyl (C=O) groups excluding carboxylic acids is 1. The molecule has 0 saturated carbocycles. The Balaban J connectivity index is 1.97. The quantitative estimate of drug-likeness (QED) is 0.789. The zero-order chi connectivity index (χ0) is 16.8. The predicted octanol–water partition coefficient (Wildman–Crippen LogP) is 3.38. The number of benzene rings is 1. The summed E-state index contributed by atoms with van der Waals surface area (Å²) < 4.78 is 7.16. The summed E-state index contributed by atoms with van der Waals surface area (Å²) >= 11 is 6.00. The lowest BCUT2D eigenvalue weighted by molar-refractivity contribution is 0.0757. The lowest BCUT2D eigenvalue weighted by atomic mass is 10.2. The Morgan fingerprint density at radius 2 is 2.22 bits per heavy atom. The van der Waals surface area contributed by atoms with Crippen molar-refractivity contribution in [3.05, 3.63) is 46.7 Å². The Morgan fingerprint density at radius 1 is 1.43 bits per heavy atom. The SMILES string of the molecule is Cc1c(C(=O)NCCCOC(C)C)cnn1-c1cccc(Cl)c1. The van der Waals surface area contributed by atoms with E-state index in [0.717, 1.165) is 17.8 Å². The average molecular weight is 336 g/mol. The summed E-state index contributed by atoms with van der Waals surface area (Å²) in [6, 6.07) is 7.37. The van der Waals surface area contributed by atoms with E-state index in [1.165, 1.54) is 0 Å². The lowest BCUT2D eigenvalue weighted by Gasteiger charge is -2.08. The molecule has 0 radical (unpaired) electrons. The first-order valence-corrected chi connectivity index (χ1v) is 8.07. The van der Waals surface area contributed by atoms with Crippen LogP contribution in [-0.4, -0.2) is 34.9 Å². The van der Waals surface area contributed by atoms with Crippen LogP contribution in [0.1, 0.15) is 36.3 Å². The van der Waals surface area contributed by atoms with Crippen molar-refractivity contribution in [2.45, 2.75) is 33.3 Å². The zero-order valence-corrected chi connectivity index (χ0v) is 14.4. The number of hydrogen-bond acceptors (Lipinski definition) is 3. The number of carbonyl (C=O) groups is 1. The molecule has 0 bridgehead atoms. The molecule has 0 aliphatic rings. The van der Waals surface area contributed by atoms with Crippen LogP contribution in [0.15, 0.2) is 30.5 Å². The molecule has 1 aromatic carbocycles. The van der Waals surface area contributed by atoms with Gasteiger partial charge in [-0.05, 0) is 45.4 Å². The molecule has 1 amide bonds. The summed E-state index contributed by atoms with van der Waals surface area (Å²) in [5.41, 5.74) is 2.18. The Hall–Kier alpha value is -1.85. The number of rotatable bonds is 7. The van der Waals surface area contributed by atoms with Gasteiger partial charge in [-0.15, -0.1) is 0 Å². The summed E-state index contributed by atoms with van der Waals surface area (Å²) in [4.78, 5) is 12.2. The highest BCUT2D eigenvalue weighted by Crippen LogP contribution is 2.17. The second-order valence-electron chi connectivity index (χ2n) is 5.56. The van der Waals surface area contributed by atoms with Gasteiger partial charge in [0.1, 0.15) is 0 Å². The fraction of sp³-hybridized carbons (Fsp3) is 0.412. The van der Waals surface area contributed by atoms with E-state index in [1.54, 1.807) is 16.9 Å². The Bertz CT molecular complexity index is 668. The van der Waals surface area contributed by atoms with Gasteiger partial charge in [0.15, 0.2) is 0 Å². The molecule has 0 aliphatic carbocycles. The predicted molar refractivity (Wildman–Crippen MR) is 91.3 cm³/mol. The molecular formula is C17H22ClN3O2. The van der Waals surface area contributed by atoms with Crippen molar-refractivity contribution >= 4 is 17.5 Å². The minimum atomic E-state index is -0.125. The summed E-state index contributed by atoms with van der Waals surface area (Å²) in [7, 11) is 0. The third-order valence-corrected chi connectivity index (χ3v) is 3.60. The molecule has 0 fully saturated rings. The van der Waals surface area contributed by atoms with Crippen LogP contribution in [0, 0.1) is 6.92 Å². The van der Waals surface area contributed by atoms with Crippen LogP contribution in [0.3, 0.4) is 0 Å². The van der Waals surface area contributed by atoms with Crippen molar-refractivity contribution in [3.63, 3.8) is 0 Å². The molecule has 0 spiro atoms. The van der Waals surface area contributed by atoms with Crippen LogP contribution >= 0.6 is 11.6 Å². The molecule has 2 rings (SSSR count). The molecule has 1 aromatic heterocycles. The second kappa shape index (κ2) is 8.13.